The van der Waals surface area contributed by atoms with Gasteiger partial charge in [-0.3, -0.25) is 0 Å². The molecule has 0 bridgehead atoms. The van der Waals surface area contributed by atoms with Gasteiger partial charge in [-0.2, -0.15) is 0 Å². The quantitative estimate of drug-likeness (QED) is 0.896. The van der Waals surface area contributed by atoms with Crippen LogP contribution >= 0.6 is 23.2 Å². The van der Waals surface area contributed by atoms with Crippen molar-refractivity contribution >= 4 is 33.0 Å². The van der Waals surface area contributed by atoms with E-state index in [4.69, 9.17) is 27.9 Å². The number of halogens is 2. The smallest absolute Gasteiger partial charge is 0.150 e. The zero-order valence-corrected chi connectivity index (χ0v) is 13.5. The molecule has 0 unspecified atom stereocenters. The van der Waals surface area contributed by atoms with E-state index >= 15 is 0 Å². The average molecular weight is 338 g/mol. The molecule has 0 saturated carbocycles. The highest BCUT2D eigenvalue weighted by molar-refractivity contribution is 7.91. The van der Waals surface area contributed by atoms with Gasteiger partial charge in [0.1, 0.15) is 5.75 Å². The van der Waals surface area contributed by atoms with Gasteiger partial charge < -0.3 is 10.1 Å². The van der Waals surface area contributed by atoms with Crippen molar-refractivity contribution in [2.75, 3.05) is 25.2 Å². The molecular formula is C13H17Cl2NO3S. The Morgan fingerprint density at radius 2 is 2.15 bits per heavy atom. The highest BCUT2D eigenvalue weighted by Gasteiger charge is 2.27. The Kier molecular flexibility index (Phi) is 5.18. The number of sulfone groups is 1. The Bertz CT molecular complexity index is 590. The minimum atomic E-state index is -2.82. The summed E-state index contributed by atoms with van der Waals surface area (Å²) in [4.78, 5) is 0. The van der Waals surface area contributed by atoms with Gasteiger partial charge in [0.2, 0.25) is 0 Å². The summed E-state index contributed by atoms with van der Waals surface area (Å²) in [6.45, 7) is 1.20. The molecule has 1 saturated heterocycles. The molecule has 1 aliphatic heterocycles. The van der Waals surface area contributed by atoms with E-state index in [1.165, 1.54) is 0 Å². The molecular weight excluding hydrogens is 321 g/mol. The summed E-state index contributed by atoms with van der Waals surface area (Å²) in [5.74, 6) is 1.35. The Morgan fingerprint density at radius 3 is 2.75 bits per heavy atom. The van der Waals surface area contributed by atoms with Gasteiger partial charge in [-0.25, -0.2) is 8.42 Å². The Hall–Kier alpha value is -0.490. The topological polar surface area (TPSA) is 55.4 Å². The Balaban J connectivity index is 1.94. The van der Waals surface area contributed by atoms with Gasteiger partial charge in [0.15, 0.2) is 9.84 Å². The van der Waals surface area contributed by atoms with Gasteiger partial charge >= 0.3 is 0 Å². The van der Waals surface area contributed by atoms with Gasteiger partial charge in [0.05, 0.1) is 23.6 Å². The van der Waals surface area contributed by atoms with Crippen molar-refractivity contribution in [3.05, 3.63) is 27.7 Å². The summed E-state index contributed by atoms with van der Waals surface area (Å²) in [6, 6.07) is 3.43. The molecule has 2 rings (SSSR count). The lowest BCUT2D eigenvalue weighted by Gasteiger charge is -2.13. The van der Waals surface area contributed by atoms with Crippen LogP contribution in [0.15, 0.2) is 12.1 Å². The SMILES string of the molecule is COc1c(Cl)cc(Cl)cc1CNC[C@H]1CCS(=O)(=O)C1. The van der Waals surface area contributed by atoms with Crippen molar-refractivity contribution in [3.8, 4) is 5.75 Å². The van der Waals surface area contributed by atoms with Crippen molar-refractivity contribution in [2.24, 2.45) is 5.92 Å². The number of rotatable bonds is 5. The maximum absolute atomic E-state index is 11.4. The third-order valence-corrected chi connectivity index (χ3v) is 5.70. The van der Waals surface area contributed by atoms with E-state index in [9.17, 15) is 8.42 Å². The first-order valence-corrected chi connectivity index (χ1v) is 8.92. The molecule has 1 atom stereocenters. The predicted octanol–water partition coefficient (Wildman–Crippen LogP) is 2.53. The minimum Gasteiger partial charge on any atom is -0.495 e. The lowest BCUT2D eigenvalue weighted by molar-refractivity contribution is 0.406. The van der Waals surface area contributed by atoms with Gasteiger partial charge in [0.25, 0.3) is 0 Å². The number of methoxy groups -OCH3 is 1. The first-order valence-electron chi connectivity index (χ1n) is 6.34. The fourth-order valence-electron chi connectivity index (χ4n) is 2.42. The van der Waals surface area contributed by atoms with E-state index < -0.39 is 9.84 Å². The third kappa shape index (κ3) is 4.01. The summed E-state index contributed by atoms with van der Waals surface area (Å²) in [5, 5.41) is 4.27. The number of hydrogen-bond acceptors (Lipinski definition) is 4. The monoisotopic (exact) mass is 337 g/mol. The molecule has 0 radical (unpaired) electrons. The van der Waals surface area contributed by atoms with E-state index in [2.05, 4.69) is 5.32 Å². The molecule has 112 valence electrons. The van der Waals surface area contributed by atoms with Gasteiger partial charge in [-0.15, -0.1) is 0 Å². The number of benzene rings is 1. The van der Waals surface area contributed by atoms with Crippen LogP contribution in [0, 0.1) is 5.92 Å². The fraction of sp³-hybridized carbons (Fsp3) is 0.538. The minimum absolute atomic E-state index is 0.181. The summed E-state index contributed by atoms with van der Waals surface area (Å²) < 4.78 is 28.0. The van der Waals surface area contributed by atoms with Crippen LogP contribution < -0.4 is 10.1 Å². The molecule has 1 aromatic rings. The summed E-state index contributed by atoms with van der Waals surface area (Å²) >= 11 is 12.0. The maximum Gasteiger partial charge on any atom is 0.150 e. The normalized spacial score (nSPS) is 21.1. The van der Waals surface area contributed by atoms with Crippen LogP contribution in [0.5, 0.6) is 5.75 Å². The molecule has 20 heavy (non-hydrogen) atoms. The van der Waals surface area contributed by atoms with Crippen LogP contribution in [-0.4, -0.2) is 33.6 Å². The van der Waals surface area contributed by atoms with E-state index in [0.717, 1.165) is 12.0 Å². The van der Waals surface area contributed by atoms with Crippen LogP contribution in [0.1, 0.15) is 12.0 Å². The van der Waals surface area contributed by atoms with Gasteiger partial charge in [-0.1, -0.05) is 23.2 Å². The van der Waals surface area contributed by atoms with E-state index in [-0.39, 0.29) is 11.7 Å². The van der Waals surface area contributed by atoms with Crippen molar-refractivity contribution in [1.29, 1.82) is 0 Å². The molecule has 1 N–H and O–H groups in total. The van der Waals surface area contributed by atoms with Gasteiger partial charge in [0, 0.05) is 17.1 Å². The molecule has 7 heteroatoms. The van der Waals surface area contributed by atoms with E-state index in [1.807, 2.05) is 0 Å². The lowest BCUT2D eigenvalue weighted by Crippen LogP contribution is -2.23. The van der Waals surface area contributed by atoms with E-state index in [1.54, 1.807) is 19.2 Å². The number of hydrogen-bond donors (Lipinski definition) is 1. The second-order valence-corrected chi connectivity index (χ2v) is 8.05. The van der Waals surface area contributed by atoms with Crippen LogP contribution in [-0.2, 0) is 16.4 Å². The zero-order valence-electron chi connectivity index (χ0n) is 11.2. The molecule has 1 fully saturated rings. The van der Waals surface area contributed by atoms with Gasteiger partial charge in [-0.05, 0) is 31.0 Å². The summed E-state index contributed by atoms with van der Waals surface area (Å²) in [5.41, 5.74) is 0.867. The molecule has 4 nitrogen and oxygen atoms in total. The van der Waals surface area contributed by atoms with Crippen LogP contribution in [0.25, 0.3) is 0 Å². The molecule has 0 aliphatic carbocycles. The molecule has 0 aromatic heterocycles. The molecule has 1 heterocycles. The molecule has 1 aromatic carbocycles. The standard InChI is InChI=1S/C13H17Cl2NO3S/c1-19-13-10(4-11(14)5-12(13)15)7-16-6-9-2-3-20(17,18)8-9/h4-5,9,16H,2-3,6-8H2,1H3/t9-/m1/s1. The maximum atomic E-state index is 11.4. The molecule has 1 aliphatic rings. The summed E-state index contributed by atoms with van der Waals surface area (Å²) in [7, 11) is -1.27. The molecule has 0 spiro atoms. The average Bonchev–Trinajstić information content (AvgIpc) is 2.68. The highest BCUT2D eigenvalue weighted by atomic mass is 35.5. The number of nitrogens with one attached hydrogen (secondary N) is 1. The van der Waals surface area contributed by atoms with E-state index in [0.29, 0.717) is 34.6 Å². The second kappa shape index (κ2) is 6.52. The zero-order chi connectivity index (χ0) is 14.8. The van der Waals surface area contributed by atoms with Crippen LogP contribution in [0.4, 0.5) is 0 Å². The van der Waals surface area contributed by atoms with Crippen molar-refractivity contribution < 1.29 is 13.2 Å². The Labute approximate surface area is 129 Å². The van der Waals surface area contributed by atoms with Crippen molar-refractivity contribution in [3.63, 3.8) is 0 Å². The summed E-state index contributed by atoms with van der Waals surface area (Å²) in [6.07, 6.45) is 0.725. The highest BCUT2D eigenvalue weighted by Crippen LogP contribution is 2.32. The predicted molar refractivity (Wildman–Crippen MR) is 81.5 cm³/mol. The number of ether oxygens (including phenoxy) is 1. The Morgan fingerprint density at radius 1 is 1.40 bits per heavy atom. The molecule has 0 amide bonds. The first kappa shape index (κ1) is 15.9. The van der Waals surface area contributed by atoms with Crippen molar-refractivity contribution in [1.82, 2.24) is 5.32 Å². The third-order valence-electron chi connectivity index (χ3n) is 3.36. The lowest BCUT2D eigenvalue weighted by atomic mass is 10.1. The van der Waals surface area contributed by atoms with Crippen molar-refractivity contribution in [2.45, 2.75) is 13.0 Å². The largest absolute Gasteiger partial charge is 0.495 e. The first-order chi connectivity index (χ1) is 9.41. The fourth-order valence-corrected chi connectivity index (χ4v) is 4.89. The second-order valence-electron chi connectivity index (χ2n) is 4.98. The van der Waals surface area contributed by atoms with Crippen LogP contribution in [0.2, 0.25) is 10.0 Å². The van der Waals surface area contributed by atoms with Crippen LogP contribution in [0.3, 0.4) is 0 Å².